The quantitative estimate of drug-likeness (QED) is 0.890. The highest BCUT2D eigenvalue weighted by molar-refractivity contribution is 9.10. The van der Waals surface area contributed by atoms with Crippen LogP contribution in [0.3, 0.4) is 0 Å². The summed E-state index contributed by atoms with van der Waals surface area (Å²) in [5, 5.41) is 4.89. The minimum Gasteiger partial charge on any atom is -0.321 e. The van der Waals surface area contributed by atoms with Crippen LogP contribution in [-0.2, 0) is 18.5 Å². The standard InChI is InChI=1S/C14H18BrClN4/c1-3-6-20-13(18-9-19-20)8-14(2,17)11-5-4-10(15)7-12(11)16/h4-5,7,9H,3,6,8,17H2,1-2H3. The van der Waals surface area contributed by atoms with Crippen molar-refractivity contribution in [2.24, 2.45) is 5.73 Å². The summed E-state index contributed by atoms with van der Waals surface area (Å²) in [6.45, 7) is 4.92. The van der Waals surface area contributed by atoms with Crippen molar-refractivity contribution in [3.05, 3.63) is 45.4 Å². The van der Waals surface area contributed by atoms with E-state index in [-0.39, 0.29) is 0 Å². The van der Waals surface area contributed by atoms with Crippen molar-refractivity contribution in [1.82, 2.24) is 14.8 Å². The summed E-state index contributed by atoms with van der Waals surface area (Å²) in [5.41, 5.74) is 6.79. The van der Waals surface area contributed by atoms with Crippen LogP contribution in [0.15, 0.2) is 29.0 Å². The third-order valence-electron chi connectivity index (χ3n) is 3.20. The van der Waals surface area contributed by atoms with Gasteiger partial charge in [0.1, 0.15) is 12.2 Å². The second-order valence-corrected chi connectivity index (χ2v) is 6.44. The Balaban J connectivity index is 2.28. The van der Waals surface area contributed by atoms with Crippen LogP contribution in [0, 0.1) is 0 Å². The number of aryl methyl sites for hydroxylation is 1. The first kappa shape index (κ1) is 15.5. The number of benzene rings is 1. The fourth-order valence-corrected chi connectivity index (χ4v) is 3.09. The Hall–Kier alpha value is -0.910. The maximum atomic E-state index is 6.46. The highest BCUT2D eigenvalue weighted by Gasteiger charge is 2.26. The van der Waals surface area contributed by atoms with Crippen molar-refractivity contribution in [2.75, 3.05) is 0 Å². The topological polar surface area (TPSA) is 56.7 Å². The summed E-state index contributed by atoms with van der Waals surface area (Å²) >= 11 is 9.71. The fourth-order valence-electron chi connectivity index (χ4n) is 2.20. The van der Waals surface area contributed by atoms with E-state index in [4.69, 9.17) is 17.3 Å². The van der Waals surface area contributed by atoms with Crippen molar-refractivity contribution >= 4 is 27.5 Å². The molecule has 1 atom stereocenters. The molecule has 2 aromatic rings. The van der Waals surface area contributed by atoms with Gasteiger partial charge in [-0.2, -0.15) is 5.10 Å². The van der Waals surface area contributed by atoms with Gasteiger partial charge in [0.15, 0.2) is 0 Å². The summed E-state index contributed by atoms with van der Waals surface area (Å²) in [6, 6.07) is 5.76. The number of halogens is 2. The lowest BCUT2D eigenvalue weighted by Gasteiger charge is -2.26. The van der Waals surface area contributed by atoms with Crippen molar-refractivity contribution in [3.8, 4) is 0 Å². The molecule has 0 spiro atoms. The lowest BCUT2D eigenvalue weighted by atomic mass is 9.89. The van der Waals surface area contributed by atoms with Gasteiger partial charge in [-0.05, 0) is 31.0 Å². The largest absolute Gasteiger partial charge is 0.321 e. The molecule has 0 fully saturated rings. The van der Waals surface area contributed by atoms with Crippen LogP contribution in [0.2, 0.25) is 5.02 Å². The van der Waals surface area contributed by atoms with Crippen molar-refractivity contribution in [2.45, 2.75) is 38.8 Å². The molecule has 1 unspecified atom stereocenters. The van der Waals surface area contributed by atoms with E-state index in [1.165, 1.54) is 0 Å². The summed E-state index contributed by atoms with van der Waals surface area (Å²) in [7, 11) is 0. The van der Waals surface area contributed by atoms with E-state index >= 15 is 0 Å². The van der Waals surface area contributed by atoms with Crippen molar-refractivity contribution in [1.29, 1.82) is 0 Å². The second kappa shape index (κ2) is 6.24. The van der Waals surface area contributed by atoms with Gasteiger partial charge in [0.05, 0.1) is 0 Å². The second-order valence-electron chi connectivity index (χ2n) is 5.12. The average Bonchev–Trinajstić information content (AvgIpc) is 2.76. The number of hydrogen-bond donors (Lipinski definition) is 1. The zero-order chi connectivity index (χ0) is 14.8. The van der Waals surface area contributed by atoms with Gasteiger partial charge in [0.2, 0.25) is 0 Å². The van der Waals surface area contributed by atoms with Crippen LogP contribution in [-0.4, -0.2) is 14.8 Å². The molecule has 0 aliphatic heterocycles. The number of nitrogens with zero attached hydrogens (tertiary/aromatic N) is 3. The molecule has 1 aromatic carbocycles. The molecule has 6 heteroatoms. The molecular formula is C14H18BrClN4. The first-order valence-electron chi connectivity index (χ1n) is 6.55. The van der Waals surface area contributed by atoms with Gasteiger partial charge < -0.3 is 5.73 Å². The molecule has 1 aromatic heterocycles. The number of hydrogen-bond acceptors (Lipinski definition) is 3. The number of rotatable bonds is 5. The zero-order valence-corrected chi connectivity index (χ0v) is 13.9. The molecule has 0 saturated heterocycles. The van der Waals surface area contributed by atoms with Crippen LogP contribution in [0.5, 0.6) is 0 Å². The van der Waals surface area contributed by atoms with Crippen LogP contribution >= 0.6 is 27.5 Å². The Kier molecular flexibility index (Phi) is 4.83. The Labute approximate surface area is 132 Å². The van der Waals surface area contributed by atoms with E-state index in [0.29, 0.717) is 11.4 Å². The molecule has 20 heavy (non-hydrogen) atoms. The van der Waals surface area contributed by atoms with Crippen LogP contribution in [0.1, 0.15) is 31.7 Å². The van der Waals surface area contributed by atoms with Crippen LogP contribution in [0.25, 0.3) is 0 Å². The molecule has 0 aliphatic rings. The van der Waals surface area contributed by atoms with Gasteiger partial charge in [0, 0.05) is 28.0 Å². The van der Waals surface area contributed by atoms with Gasteiger partial charge in [-0.3, -0.25) is 4.68 Å². The van der Waals surface area contributed by atoms with Crippen molar-refractivity contribution in [3.63, 3.8) is 0 Å². The maximum absolute atomic E-state index is 6.46. The normalized spacial score (nSPS) is 14.2. The molecule has 1 heterocycles. The van der Waals surface area contributed by atoms with E-state index in [0.717, 1.165) is 28.8 Å². The Morgan fingerprint density at radius 3 is 2.85 bits per heavy atom. The summed E-state index contributed by atoms with van der Waals surface area (Å²) in [6.07, 6.45) is 3.18. The third kappa shape index (κ3) is 3.40. The molecule has 0 saturated carbocycles. The smallest absolute Gasteiger partial charge is 0.138 e. The molecule has 0 bridgehead atoms. The molecular weight excluding hydrogens is 340 g/mol. The predicted octanol–water partition coefficient (Wildman–Crippen LogP) is 3.52. The summed E-state index contributed by atoms with van der Waals surface area (Å²) in [4.78, 5) is 4.31. The maximum Gasteiger partial charge on any atom is 0.138 e. The summed E-state index contributed by atoms with van der Waals surface area (Å²) < 4.78 is 2.84. The minimum atomic E-state index is -0.587. The highest BCUT2D eigenvalue weighted by Crippen LogP contribution is 2.30. The summed E-state index contributed by atoms with van der Waals surface area (Å²) in [5.74, 6) is 0.885. The SMILES string of the molecule is CCCn1ncnc1CC(C)(N)c1ccc(Br)cc1Cl. The molecule has 4 nitrogen and oxygen atoms in total. The highest BCUT2D eigenvalue weighted by atomic mass is 79.9. The lowest BCUT2D eigenvalue weighted by molar-refractivity contribution is 0.451. The molecule has 0 aliphatic carbocycles. The zero-order valence-electron chi connectivity index (χ0n) is 11.6. The van der Waals surface area contributed by atoms with Crippen LogP contribution in [0.4, 0.5) is 0 Å². The van der Waals surface area contributed by atoms with E-state index in [2.05, 4.69) is 32.9 Å². The Morgan fingerprint density at radius 2 is 2.20 bits per heavy atom. The third-order valence-corrected chi connectivity index (χ3v) is 4.01. The molecule has 0 amide bonds. The number of nitrogens with two attached hydrogens (primary N) is 1. The van der Waals surface area contributed by atoms with Crippen molar-refractivity contribution < 1.29 is 0 Å². The van der Waals surface area contributed by atoms with Crippen LogP contribution < -0.4 is 5.73 Å². The van der Waals surface area contributed by atoms with Gasteiger partial charge in [-0.15, -0.1) is 0 Å². The fraction of sp³-hybridized carbons (Fsp3) is 0.429. The molecule has 2 N–H and O–H groups in total. The monoisotopic (exact) mass is 356 g/mol. The van der Waals surface area contributed by atoms with E-state index < -0.39 is 5.54 Å². The number of aromatic nitrogens is 3. The van der Waals surface area contributed by atoms with Gasteiger partial charge in [-0.1, -0.05) is 40.5 Å². The predicted molar refractivity (Wildman–Crippen MR) is 84.7 cm³/mol. The molecule has 0 radical (unpaired) electrons. The first-order valence-corrected chi connectivity index (χ1v) is 7.72. The molecule has 2 rings (SSSR count). The van der Waals surface area contributed by atoms with E-state index in [9.17, 15) is 0 Å². The van der Waals surface area contributed by atoms with Gasteiger partial charge in [-0.25, -0.2) is 4.98 Å². The van der Waals surface area contributed by atoms with E-state index in [1.807, 2.05) is 29.8 Å². The minimum absolute atomic E-state index is 0.587. The van der Waals surface area contributed by atoms with Gasteiger partial charge in [0.25, 0.3) is 0 Å². The van der Waals surface area contributed by atoms with Gasteiger partial charge >= 0.3 is 0 Å². The Morgan fingerprint density at radius 1 is 1.45 bits per heavy atom. The Bertz CT molecular complexity index is 595. The molecule has 108 valence electrons. The first-order chi connectivity index (χ1) is 9.44. The lowest BCUT2D eigenvalue weighted by Crippen LogP contribution is -2.37. The van der Waals surface area contributed by atoms with E-state index in [1.54, 1.807) is 6.33 Å². The average molecular weight is 358 g/mol.